The van der Waals surface area contributed by atoms with E-state index in [4.69, 9.17) is 5.11 Å². The van der Waals surface area contributed by atoms with Crippen molar-refractivity contribution in [3.63, 3.8) is 0 Å². The summed E-state index contributed by atoms with van der Waals surface area (Å²) in [5.74, 6) is 1.25. The minimum atomic E-state index is 0.0328. The van der Waals surface area contributed by atoms with E-state index in [1.165, 1.54) is 11.1 Å². The minimum Gasteiger partial charge on any atom is -0.395 e. The number of hydrogen-bond donors (Lipinski definition) is 3. The number of hydrogen-bond acceptors (Lipinski definition) is 5. The predicted molar refractivity (Wildman–Crippen MR) is 102 cm³/mol. The van der Waals surface area contributed by atoms with Crippen molar-refractivity contribution < 1.29 is 5.11 Å². The third-order valence-corrected chi connectivity index (χ3v) is 3.78. The lowest BCUT2D eigenvalue weighted by atomic mass is 10.1. The van der Waals surface area contributed by atoms with Gasteiger partial charge < -0.3 is 15.7 Å². The zero-order valence-electron chi connectivity index (χ0n) is 14.2. The Bertz CT molecular complexity index is 804. The van der Waals surface area contributed by atoms with Crippen LogP contribution in [0.2, 0.25) is 0 Å². The maximum absolute atomic E-state index is 9.02. The van der Waals surface area contributed by atoms with E-state index < -0.39 is 0 Å². The average molecular weight is 334 g/mol. The van der Waals surface area contributed by atoms with E-state index in [1.807, 2.05) is 36.4 Å². The molecule has 0 saturated carbocycles. The van der Waals surface area contributed by atoms with Gasteiger partial charge in [0.15, 0.2) is 0 Å². The molecule has 0 fully saturated rings. The first-order valence-corrected chi connectivity index (χ1v) is 8.33. The van der Waals surface area contributed by atoms with E-state index in [-0.39, 0.29) is 6.61 Å². The van der Waals surface area contributed by atoms with Crippen molar-refractivity contribution in [3.05, 3.63) is 71.8 Å². The SMILES string of the molecule is Cc1ccc(CNc2cc(-c3ccccc3)nc(NCCO)n2)cc1. The van der Waals surface area contributed by atoms with Gasteiger partial charge in [0.1, 0.15) is 5.82 Å². The van der Waals surface area contributed by atoms with Gasteiger partial charge in [-0.25, -0.2) is 4.98 Å². The van der Waals surface area contributed by atoms with Crippen molar-refractivity contribution in [1.82, 2.24) is 9.97 Å². The summed E-state index contributed by atoms with van der Waals surface area (Å²) in [5.41, 5.74) is 4.29. The van der Waals surface area contributed by atoms with Gasteiger partial charge in [-0.15, -0.1) is 0 Å². The number of aromatic nitrogens is 2. The number of nitrogens with one attached hydrogen (secondary N) is 2. The summed E-state index contributed by atoms with van der Waals surface area (Å²) >= 11 is 0. The van der Waals surface area contributed by atoms with E-state index in [0.717, 1.165) is 17.1 Å². The number of aliphatic hydroxyl groups excluding tert-OH is 1. The standard InChI is InChI=1S/C20H22N4O/c1-15-7-9-16(10-8-15)14-22-19-13-18(17-5-3-2-4-6-17)23-20(24-19)21-11-12-25/h2-10,13,25H,11-12,14H2,1H3,(H2,21,22,23,24). The number of aliphatic hydroxyl groups is 1. The van der Waals surface area contributed by atoms with E-state index in [2.05, 4.69) is 51.8 Å². The lowest BCUT2D eigenvalue weighted by Crippen LogP contribution is -2.11. The fraction of sp³-hybridized carbons (Fsp3) is 0.200. The molecule has 2 aromatic carbocycles. The Morgan fingerprint density at radius 2 is 1.68 bits per heavy atom. The molecular weight excluding hydrogens is 312 g/mol. The lowest BCUT2D eigenvalue weighted by Gasteiger charge is -2.11. The highest BCUT2D eigenvalue weighted by molar-refractivity contribution is 5.64. The average Bonchev–Trinajstić information content (AvgIpc) is 2.66. The molecule has 0 aliphatic heterocycles. The van der Waals surface area contributed by atoms with Crippen molar-refractivity contribution in [2.24, 2.45) is 0 Å². The van der Waals surface area contributed by atoms with Gasteiger partial charge in [0, 0.05) is 24.7 Å². The summed E-state index contributed by atoms with van der Waals surface area (Å²) in [6.07, 6.45) is 0. The largest absolute Gasteiger partial charge is 0.395 e. The fourth-order valence-electron chi connectivity index (χ4n) is 2.44. The van der Waals surface area contributed by atoms with Gasteiger partial charge in [0.05, 0.1) is 12.3 Å². The van der Waals surface area contributed by atoms with Gasteiger partial charge in [-0.3, -0.25) is 0 Å². The van der Waals surface area contributed by atoms with Crippen molar-refractivity contribution >= 4 is 11.8 Å². The molecule has 0 unspecified atom stereocenters. The maximum Gasteiger partial charge on any atom is 0.225 e. The highest BCUT2D eigenvalue weighted by atomic mass is 16.3. The Morgan fingerprint density at radius 3 is 2.40 bits per heavy atom. The molecule has 128 valence electrons. The number of rotatable bonds is 7. The summed E-state index contributed by atoms with van der Waals surface area (Å²) in [6, 6.07) is 20.3. The summed E-state index contributed by atoms with van der Waals surface area (Å²) in [5, 5.41) is 15.4. The Morgan fingerprint density at radius 1 is 0.920 bits per heavy atom. The summed E-state index contributed by atoms with van der Waals surface area (Å²) in [4.78, 5) is 9.02. The monoisotopic (exact) mass is 334 g/mol. The third-order valence-electron chi connectivity index (χ3n) is 3.78. The predicted octanol–water partition coefficient (Wildman–Crippen LogP) is 3.47. The Labute approximate surface area is 147 Å². The second-order valence-electron chi connectivity index (χ2n) is 5.82. The first-order chi connectivity index (χ1) is 12.2. The molecule has 3 aromatic rings. The molecule has 3 rings (SSSR count). The highest BCUT2D eigenvalue weighted by Gasteiger charge is 2.06. The van der Waals surface area contributed by atoms with Gasteiger partial charge >= 0.3 is 0 Å². The van der Waals surface area contributed by atoms with Crippen molar-refractivity contribution in [2.45, 2.75) is 13.5 Å². The molecule has 0 aliphatic rings. The van der Waals surface area contributed by atoms with Crippen LogP contribution in [0.1, 0.15) is 11.1 Å². The van der Waals surface area contributed by atoms with E-state index in [0.29, 0.717) is 19.0 Å². The van der Waals surface area contributed by atoms with Crippen LogP contribution >= 0.6 is 0 Å². The van der Waals surface area contributed by atoms with Gasteiger partial charge in [-0.1, -0.05) is 60.2 Å². The third kappa shape index (κ3) is 4.78. The Kier molecular flexibility index (Phi) is 5.59. The molecule has 3 N–H and O–H groups in total. The van der Waals surface area contributed by atoms with Crippen LogP contribution < -0.4 is 10.6 Å². The highest BCUT2D eigenvalue weighted by Crippen LogP contribution is 2.21. The van der Waals surface area contributed by atoms with Crippen LogP contribution in [0, 0.1) is 6.92 Å². The van der Waals surface area contributed by atoms with Crippen LogP contribution in [0.4, 0.5) is 11.8 Å². The second-order valence-corrected chi connectivity index (χ2v) is 5.82. The van der Waals surface area contributed by atoms with Crippen molar-refractivity contribution in [3.8, 4) is 11.3 Å². The molecule has 1 heterocycles. The smallest absolute Gasteiger partial charge is 0.225 e. The first kappa shape index (κ1) is 16.9. The number of anilines is 2. The van der Waals surface area contributed by atoms with E-state index >= 15 is 0 Å². The Balaban J connectivity index is 1.82. The molecule has 0 bridgehead atoms. The normalized spacial score (nSPS) is 10.5. The molecular formula is C20H22N4O. The first-order valence-electron chi connectivity index (χ1n) is 8.33. The van der Waals surface area contributed by atoms with Crippen LogP contribution in [-0.2, 0) is 6.54 Å². The zero-order valence-corrected chi connectivity index (χ0v) is 14.2. The number of aryl methyl sites for hydroxylation is 1. The molecule has 0 amide bonds. The molecule has 0 aliphatic carbocycles. The number of nitrogens with zero attached hydrogens (tertiary/aromatic N) is 2. The molecule has 0 saturated heterocycles. The van der Waals surface area contributed by atoms with Gasteiger partial charge in [0.2, 0.25) is 5.95 Å². The topological polar surface area (TPSA) is 70.1 Å². The molecule has 0 radical (unpaired) electrons. The van der Waals surface area contributed by atoms with Crippen molar-refractivity contribution in [1.29, 1.82) is 0 Å². The van der Waals surface area contributed by atoms with E-state index in [1.54, 1.807) is 0 Å². The van der Waals surface area contributed by atoms with Gasteiger partial charge in [-0.05, 0) is 12.5 Å². The Hall–Kier alpha value is -2.92. The van der Waals surface area contributed by atoms with E-state index in [9.17, 15) is 0 Å². The number of benzene rings is 2. The molecule has 25 heavy (non-hydrogen) atoms. The quantitative estimate of drug-likeness (QED) is 0.617. The molecule has 5 nitrogen and oxygen atoms in total. The summed E-state index contributed by atoms with van der Waals surface area (Å²) in [6.45, 7) is 3.21. The van der Waals surface area contributed by atoms with Crippen LogP contribution in [0.5, 0.6) is 0 Å². The lowest BCUT2D eigenvalue weighted by molar-refractivity contribution is 0.311. The zero-order chi connectivity index (χ0) is 17.5. The van der Waals surface area contributed by atoms with Crippen LogP contribution in [0.15, 0.2) is 60.7 Å². The van der Waals surface area contributed by atoms with Crippen LogP contribution in [0.25, 0.3) is 11.3 Å². The van der Waals surface area contributed by atoms with Crippen LogP contribution in [0.3, 0.4) is 0 Å². The van der Waals surface area contributed by atoms with Gasteiger partial charge in [-0.2, -0.15) is 4.98 Å². The van der Waals surface area contributed by atoms with Crippen LogP contribution in [-0.4, -0.2) is 28.2 Å². The summed E-state index contributed by atoms with van der Waals surface area (Å²) < 4.78 is 0. The minimum absolute atomic E-state index is 0.0328. The molecule has 5 heteroatoms. The molecule has 0 atom stereocenters. The fourth-order valence-corrected chi connectivity index (χ4v) is 2.44. The second kappa shape index (κ2) is 8.26. The van der Waals surface area contributed by atoms with Crippen molar-refractivity contribution in [2.75, 3.05) is 23.8 Å². The summed E-state index contributed by atoms with van der Waals surface area (Å²) in [7, 11) is 0. The maximum atomic E-state index is 9.02. The molecule has 0 spiro atoms. The van der Waals surface area contributed by atoms with Gasteiger partial charge in [0.25, 0.3) is 0 Å². The molecule has 1 aromatic heterocycles.